The van der Waals surface area contributed by atoms with Crippen molar-refractivity contribution >= 4 is 23.5 Å². The van der Waals surface area contributed by atoms with E-state index >= 15 is 0 Å². The number of thioether (sulfide) groups is 2. The highest BCUT2D eigenvalue weighted by atomic mass is 32.2. The average Bonchev–Trinajstić information content (AvgIpc) is 2.31. The van der Waals surface area contributed by atoms with Gasteiger partial charge in [0.2, 0.25) is 0 Å². The van der Waals surface area contributed by atoms with Gasteiger partial charge in [-0.05, 0) is 24.3 Å². The highest BCUT2D eigenvalue weighted by Gasteiger charge is 2.37. The molecule has 0 spiro atoms. The maximum atomic E-state index is 6.01. The van der Waals surface area contributed by atoms with Crippen LogP contribution in [-0.2, 0) is 0 Å². The first-order valence-electron chi connectivity index (χ1n) is 5.48. The van der Waals surface area contributed by atoms with Gasteiger partial charge in [-0.3, -0.25) is 4.90 Å². The zero-order valence-corrected chi connectivity index (χ0v) is 10.3. The van der Waals surface area contributed by atoms with Crippen LogP contribution >= 0.6 is 23.5 Å². The molecule has 0 radical (unpaired) electrons. The van der Waals surface area contributed by atoms with E-state index < -0.39 is 0 Å². The third-order valence-electron chi connectivity index (χ3n) is 3.49. The van der Waals surface area contributed by atoms with Crippen LogP contribution in [0.25, 0.3) is 0 Å². The second-order valence-electron chi connectivity index (χ2n) is 4.14. The predicted molar refractivity (Wildman–Crippen MR) is 67.2 cm³/mol. The lowest BCUT2D eigenvalue weighted by Crippen LogP contribution is -2.58. The molecule has 0 aromatic rings. The Kier molecular flexibility index (Phi) is 4.05. The van der Waals surface area contributed by atoms with Crippen LogP contribution in [0.3, 0.4) is 0 Å². The van der Waals surface area contributed by atoms with E-state index in [-0.39, 0.29) is 0 Å². The van der Waals surface area contributed by atoms with Crippen LogP contribution in [-0.4, -0.2) is 53.1 Å². The van der Waals surface area contributed by atoms with Gasteiger partial charge in [0.15, 0.2) is 0 Å². The zero-order valence-electron chi connectivity index (χ0n) is 8.71. The Morgan fingerprint density at radius 3 is 2.14 bits per heavy atom. The summed E-state index contributed by atoms with van der Waals surface area (Å²) in [5.41, 5.74) is 6.38. The number of hydrogen-bond donors (Lipinski definition) is 1. The van der Waals surface area contributed by atoms with Gasteiger partial charge in [0, 0.05) is 36.7 Å². The molecule has 2 nitrogen and oxygen atoms in total. The molecule has 82 valence electrons. The van der Waals surface area contributed by atoms with Crippen molar-refractivity contribution in [2.45, 2.75) is 18.4 Å². The molecule has 0 unspecified atom stereocenters. The normalized spacial score (nSPS) is 28.9. The zero-order chi connectivity index (χ0) is 9.86. The maximum absolute atomic E-state index is 6.01. The van der Waals surface area contributed by atoms with E-state index in [9.17, 15) is 0 Å². The topological polar surface area (TPSA) is 29.3 Å². The minimum Gasteiger partial charge on any atom is -0.329 e. The first kappa shape index (κ1) is 11.1. The van der Waals surface area contributed by atoms with Crippen LogP contribution in [0.2, 0.25) is 0 Å². The average molecular weight is 232 g/mol. The smallest absolute Gasteiger partial charge is 0.0348 e. The summed E-state index contributed by atoms with van der Waals surface area (Å²) in [5, 5.41) is 0. The van der Waals surface area contributed by atoms with Gasteiger partial charge in [-0.1, -0.05) is 0 Å². The lowest BCUT2D eigenvalue weighted by Gasteiger charge is -2.47. The third-order valence-corrected chi connectivity index (χ3v) is 5.41. The van der Waals surface area contributed by atoms with E-state index in [0.717, 1.165) is 6.54 Å². The number of nitrogens with two attached hydrogens (primary N) is 1. The van der Waals surface area contributed by atoms with Crippen molar-refractivity contribution in [1.82, 2.24) is 4.90 Å². The van der Waals surface area contributed by atoms with Gasteiger partial charge in [-0.15, -0.1) is 0 Å². The molecule has 0 aliphatic carbocycles. The number of nitrogens with zero attached hydrogens (tertiary/aromatic N) is 1. The van der Waals surface area contributed by atoms with Gasteiger partial charge in [0.05, 0.1) is 0 Å². The van der Waals surface area contributed by atoms with Crippen molar-refractivity contribution in [2.75, 3.05) is 42.6 Å². The highest BCUT2D eigenvalue weighted by Crippen LogP contribution is 2.33. The van der Waals surface area contributed by atoms with E-state index in [1.165, 1.54) is 48.9 Å². The highest BCUT2D eigenvalue weighted by molar-refractivity contribution is 7.99. The largest absolute Gasteiger partial charge is 0.329 e. The Hall–Kier alpha value is 0.620. The van der Waals surface area contributed by atoms with Crippen LogP contribution < -0.4 is 5.73 Å². The van der Waals surface area contributed by atoms with Crippen molar-refractivity contribution in [2.24, 2.45) is 5.73 Å². The van der Waals surface area contributed by atoms with Crippen LogP contribution in [0, 0.1) is 0 Å². The Labute approximate surface area is 95.4 Å². The minimum absolute atomic E-state index is 0.367. The maximum Gasteiger partial charge on any atom is 0.0348 e. The summed E-state index contributed by atoms with van der Waals surface area (Å²) in [6.07, 6.45) is 2.61. The molecule has 2 N–H and O–H groups in total. The van der Waals surface area contributed by atoms with Gasteiger partial charge in [0.1, 0.15) is 0 Å². The number of hydrogen-bond acceptors (Lipinski definition) is 4. The summed E-state index contributed by atoms with van der Waals surface area (Å²) in [5.74, 6) is 5.21. The molecule has 2 fully saturated rings. The molecule has 2 aliphatic rings. The monoisotopic (exact) mass is 232 g/mol. The molecule has 0 aromatic carbocycles. The summed E-state index contributed by atoms with van der Waals surface area (Å²) < 4.78 is 0. The molecule has 2 saturated heterocycles. The Bertz CT molecular complexity index is 175. The minimum atomic E-state index is 0.367. The van der Waals surface area contributed by atoms with Crippen LogP contribution in [0.15, 0.2) is 0 Å². The van der Waals surface area contributed by atoms with Gasteiger partial charge < -0.3 is 5.73 Å². The quantitative estimate of drug-likeness (QED) is 0.776. The second-order valence-corrected chi connectivity index (χ2v) is 6.59. The number of rotatable bonds is 2. The van der Waals surface area contributed by atoms with Crippen molar-refractivity contribution < 1.29 is 0 Å². The third kappa shape index (κ3) is 2.23. The summed E-state index contributed by atoms with van der Waals surface area (Å²) in [6.45, 7) is 3.37. The van der Waals surface area contributed by atoms with Crippen molar-refractivity contribution in [1.29, 1.82) is 0 Å². The summed E-state index contributed by atoms with van der Waals surface area (Å²) in [7, 11) is 0. The molecular weight excluding hydrogens is 212 g/mol. The van der Waals surface area contributed by atoms with E-state index in [1.807, 2.05) is 0 Å². The van der Waals surface area contributed by atoms with E-state index in [4.69, 9.17) is 5.73 Å². The molecular formula is C10H20N2S2. The van der Waals surface area contributed by atoms with E-state index in [1.54, 1.807) is 0 Å². The molecule has 2 aliphatic heterocycles. The molecule has 0 saturated carbocycles. The van der Waals surface area contributed by atoms with Crippen LogP contribution in [0.5, 0.6) is 0 Å². The van der Waals surface area contributed by atoms with Crippen molar-refractivity contribution in [3.63, 3.8) is 0 Å². The SMILES string of the molecule is NCC1(N2CCSCC2)CCSCC1. The summed E-state index contributed by atoms with van der Waals surface area (Å²) in [6, 6.07) is 0. The van der Waals surface area contributed by atoms with Gasteiger partial charge in [-0.25, -0.2) is 0 Å². The molecule has 0 bridgehead atoms. The van der Waals surface area contributed by atoms with Crippen molar-refractivity contribution in [3.8, 4) is 0 Å². The molecule has 2 rings (SSSR count). The lowest BCUT2D eigenvalue weighted by atomic mass is 9.90. The fourth-order valence-corrected chi connectivity index (χ4v) is 4.59. The molecule has 4 heteroatoms. The second kappa shape index (κ2) is 5.10. The molecule has 0 aromatic heterocycles. The molecule has 14 heavy (non-hydrogen) atoms. The molecule has 0 amide bonds. The summed E-state index contributed by atoms with van der Waals surface area (Å²) >= 11 is 4.17. The van der Waals surface area contributed by atoms with Crippen LogP contribution in [0.1, 0.15) is 12.8 Å². The van der Waals surface area contributed by atoms with Gasteiger partial charge in [0.25, 0.3) is 0 Å². The molecule has 0 atom stereocenters. The van der Waals surface area contributed by atoms with Crippen LogP contribution in [0.4, 0.5) is 0 Å². The molecule has 2 heterocycles. The Morgan fingerprint density at radius 2 is 1.57 bits per heavy atom. The van der Waals surface area contributed by atoms with E-state index in [2.05, 4.69) is 28.4 Å². The van der Waals surface area contributed by atoms with E-state index in [0.29, 0.717) is 5.54 Å². The Morgan fingerprint density at radius 1 is 1.00 bits per heavy atom. The fourth-order valence-electron chi connectivity index (χ4n) is 2.44. The first-order valence-corrected chi connectivity index (χ1v) is 7.79. The predicted octanol–water partition coefficient (Wildman–Crippen LogP) is 1.26. The lowest BCUT2D eigenvalue weighted by molar-refractivity contribution is 0.0965. The standard InChI is InChI=1S/C10H20N2S2/c11-9-10(1-5-13-6-2-10)12-3-7-14-8-4-12/h1-9,11H2. The van der Waals surface area contributed by atoms with Gasteiger partial charge >= 0.3 is 0 Å². The summed E-state index contributed by atoms with van der Waals surface area (Å²) in [4.78, 5) is 2.67. The Balaban J connectivity index is 2.01. The first-order chi connectivity index (χ1) is 6.87. The van der Waals surface area contributed by atoms with Crippen molar-refractivity contribution in [3.05, 3.63) is 0 Å². The fraction of sp³-hybridized carbons (Fsp3) is 1.00. The van der Waals surface area contributed by atoms with Gasteiger partial charge in [-0.2, -0.15) is 23.5 Å².